The first-order chi connectivity index (χ1) is 9.61. The number of anilines is 1. The van der Waals surface area contributed by atoms with Crippen LogP contribution in [0.4, 0.5) is 5.69 Å². The van der Waals surface area contributed by atoms with E-state index in [1.165, 1.54) is 12.8 Å². The van der Waals surface area contributed by atoms with Crippen molar-refractivity contribution < 1.29 is 9.94 Å². The molecule has 0 spiro atoms. The summed E-state index contributed by atoms with van der Waals surface area (Å²) >= 11 is 0. The Morgan fingerprint density at radius 3 is 2.90 bits per heavy atom. The Morgan fingerprint density at radius 1 is 1.50 bits per heavy atom. The third-order valence-corrected chi connectivity index (χ3v) is 3.57. The fourth-order valence-electron chi connectivity index (χ4n) is 2.08. The third kappa shape index (κ3) is 3.87. The summed E-state index contributed by atoms with van der Waals surface area (Å²) in [4.78, 5) is 2.08. The van der Waals surface area contributed by atoms with Gasteiger partial charge in [-0.05, 0) is 43.4 Å². The van der Waals surface area contributed by atoms with Gasteiger partial charge in [-0.1, -0.05) is 11.2 Å². The standard InChI is InChI=1S/C15H23N3O2/c1-11-3-6-13(15(16)17-19)14(9-11)18(2)7-8-20-10-12-4-5-12/h3,6,9,12,19H,4-5,7-8,10H2,1-2H3,(H2,16,17). The molecule has 3 N–H and O–H groups in total. The van der Waals surface area contributed by atoms with Crippen molar-refractivity contribution in [3.05, 3.63) is 29.3 Å². The zero-order chi connectivity index (χ0) is 14.5. The minimum absolute atomic E-state index is 0.130. The molecule has 1 saturated carbocycles. The van der Waals surface area contributed by atoms with Gasteiger partial charge >= 0.3 is 0 Å². The Kier molecular flexibility index (Phi) is 4.84. The van der Waals surface area contributed by atoms with Crippen molar-refractivity contribution in [3.8, 4) is 0 Å². The van der Waals surface area contributed by atoms with Crippen LogP contribution in [0.15, 0.2) is 23.4 Å². The highest BCUT2D eigenvalue weighted by atomic mass is 16.5. The van der Waals surface area contributed by atoms with Gasteiger partial charge < -0.3 is 20.6 Å². The summed E-state index contributed by atoms with van der Waals surface area (Å²) in [5.41, 5.74) is 8.56. The van der Waals surface area contributed by atoms with Gasteiger partial charge in [-0.15, -0.1) is 0 Å². The molecule has 1 fully saturated rings. The van der Waals surface area contributed by atoms with Crippen molar-refractivity contribution in [2.24, 2.45) is 16.8 Å². The molecule has 0 amide bonds. The van der Waals surface area contributed by atoms with Gasteiger partial charge in [0.2, 0.25) is 0 Å². The second kappa shape index (κ2) is 6.61. The number of oxime groups is 1. The highest BCUT2D eigenvalue weighted by molar-refractivity contribution is 6.02. The third-order valence-electron chi connectivity index (χ3n) is 3.57. The molecule has 0 bridgehead atoms. The van der Waals surface area contributed by atoms with E-state index < -0.39 is 0 Å². The highest BCUT2D eigenvalue weighted by Gasteiger charge is 2.21. The van der Waals surface area contributed by atoms with Crippen molar-refractivity contribution in [1.82, 2.24) is 0 Å². The molecule has 2 rings (SSSR count). The summed E-state index contributed by atoms with van der Waals surface area (Å²) in [6.07, 6.45) is 2.61. The van der Waals surface area contributed by atoms with Gasteiger partial charge in [-0.2, -0.15) is 0 Å². The van der Waals surface area contributed by atoms with Crippen molar-refractivity contribution in [1.29, 1.82) is 0 Å². The van der Waals surface area contributed by atoms with Crippen molar-refractivity contribution in [3.63, 3.8) is 0 Å². The molecule has 0 saturated heterocycles. The molecule has 110 valence electrons. The lowest BCUT2D eigenvalue weighted by Gasteiger charge is -2.22. The SMILES string of the molecule is Cc1ccc(/C(N)=N/O)c(N(C)CCOCC2CC2)c1. The van der Waals surface area contributed by atoms with E-state index in [9.17, 15) is 0 Å². The fraction of sp³-hybridized carbons (Fsp3) is 0.533. The summed E-state index contributed by atoms with van der Waals surface area (Å²) in [5, 5.41) is 12.0. The second-order valence-corrected chi connectivity index (χ2v) is 5.45. The molecule has 0 radical (unpaired) electrons. The van der Waals surface area contributed by atoms with E-state index in [2.05, 4.69) is 10.1 Å². The van der Waals surface area contributed by atoms with Gasteiger partial charge in [0.05, 0.1) is 6.61 Å². The molecule has 1 aliphatic carbocycles. The van der Waals surface area contributed by atoms with E-state index >= 15 is 0 Å². The first-order valence-electron chi connectivity index (χ1n) is 6.99. The number of aryl methyl sites for hydroxylation is 1. The van der Waals surface area contributed by atoms with Gasteiger partial charge in [-0.25, -0.2) is 0 Å². The lowest BCUT2D eigenvalue weighted by atomic mass is 10.1. The minimum Gasteiger partial charge on any atom is -0.409 e. The van der Waals surface area contributed by atoms with Crippen LogP contribution in [-0.2, 0) is 4.74 Å². The number of amidine groups is 1. The molecule has 0 aromatic heterocycles. The number of likely N-dealkylation sites (N-methyl/N-ethyl adjacent to an activating group) is 1. The maximum absolute atomic E-state index is 8.87. The number of hydrogen-bond acceptors (Lipinski definition) is 4. The van der Waals surface area contributed by atoms with Crippen LogP contribution in [0.5, 0.6) is 0 Å². The van der Waals surface area contributed by atoms with E-state index in [-0.39, 0.29) is 5.84 Å². The van der Waals surface area contributed by atoms with E-state index in [4.69, 9.17) is 15.7 Å². The van der Waals surface area contributed by atoms with E-state index in [0.29, 0.717) is 6.61 Å². The Bertz CT molecular complexity index is 484. The number of ether oxygens (including phenoxy) is 1. The molecular formula is C15H23N3O2. The summed E-state index contributed by atoms with van der Waals surface area (Å²) in [7, 11) is 1.99. The van der Waals surface area contributed by atoms with E-state index in [1.807, 2.05) is 32.2 Å². The largest absolute Gasteiger partial charge is 0.409 e. The van der Waals surface area contributed by atoms with Crippen LogP contribution in [0.3, 0.4) is 0 Å². The van der Waals surface area contributed by atoms with Crippen molar-refractivity contribution >= 4 is 11.5 Å². The predicted octanol–water partition coefficient (Wildman–Crippen LogP) is 1.95. The molecule has 0 unspecified atom stereocenters. The van der Waals surface area contributed by atoms with E-state index in [1.54, 1.807) is 0 Å². The number of nitrogens with two attached hydrogens (primary N) is 1. The first-order valence-corrected chi connectivity index (χ1v) is 6.99. The minimum atomic E-state index is 0.130. The monoisotopic (exact) mass is 277 g/mol. The number of benzene rings is 1. The molecule has 1 aromatic rings. The molecular weight excluding hydrogens is 254 g/mol. The zero-order valence-corrected chi connectivity index (χ0v) is 12.2. The van der Waals surface area contributed by atoms with E-state index in [0.717, 1.165) is 35.9 Å². The van der Waals surface area contributed by atoms with Crippen molar-refractivity contribution in [2.75, 3.05) is 31.7 Å². The topological polar surface area (TPSA) is 71.1 Å². The molecule has 5 nitrogen and oxygen atoms in total. The first kappa shape index (κ1) is 14.7. The summed E-state index contributed by atoms with van der Waals surface area (Å²) in [5.74, 6) is 0.915. The lowest BCUT2D eigenvalue weighted by molar-refractivity contribution is 0.131. The smallest absolute Gasteiger partial charge is 0.172 e. The molecule has 20 heavy (non-hydrogen) atoms. The van der Waals surface area contributed by atoms with Crippen LogP contribution >= 0.6 is 0 Å². The number of rotatable bonds is 7. The molecule has 5 heteroatoms. The van der Waals surface area contributed by atoms with Crippen LogP contribution in [0.1, 0.15) is 24.0 Å². The summed E-state index contributed by atoms with van der Waals surface area (Å²) < 4.78 is 5.65. The van der Waals surface area contributed by atoms with Crippen LogP contribution in [0, 0.1) is 12.8 Å². The normalized spacial score (nSPS) is 15.4. The van der Waals surface area contributed by atoms with Crippen LogP contribution < -0.4 is 10.6 Å². The van der Waals surface area contributed by atoms with Crippen LogP contribution in [0.25, 0.3) is 0 Å². The van der Waals surface area contributed by atoms with Crippen LogP contribution in [0.2, 0.25) is 0 Å². The van der Waals surface area contributed by atoms with Gasteiger partial charge in [0.1, 0.15) is 0 Å². The summed E-state index contributed by atoms with van der Waals surface area (Å²) in [6.45, 7) is 4.37. The van der Waals surface area contributed by atoms with Gasteiger partial charge in [0.15, 0.2) is 5.84 Å². The average molecular weight is 277 g/mol. The van der Waals surface area contributed by atoms with Gasteiger partial charge in [0.25, 0.3) is 0 Å². The van der Waals surface area contributed by atoms with Crippen molar-refractivity contribution in [2.45, 2.75) is 19.8 Å². The maximum Gasteiger partial charge on any atom is 0.172 e. The van der Waals surface area contributed by atoms with Crippen LogP contribution in [-0.4, -0.2) is 37.8 Å². The lowest BCUT2D eigenvalue weighted by Crippen LogP contribution is -2.26. The maximum atomic E-state index is 8.87. The predicted molar refractivity (Wildman–Crippen MR) is 80.5 cm³/mol. The summed E-state index contributed by atoms with van der Waals surface area (Å²) in [6, 6.07) is 5.86. The second-order valence-electron chi connectivity index (χ2n) is 5.45. The zero-order valence-electron chi connectivity index (χ0n) is 12.2. The fourth-order valence-corrected chi connectivity index (χ4v) is 2.08. The molecule has 1 aliphatic rings. The molecule has 0 atom stereocenters. The Labute approximate surface area is 120 Å². The highest BCUT2D eigenvalue weighted by Crippen LogP contribution is 2.28. The Balaban J connectivity index is 1.98. The molecule has 0 aliphatic heterocycles. The molecule has 0 heterocycles. The number of nitrogens with zero attached hydrogens (tertiary/aromatic N) is 2. The average Bonchev–Trinajstić information content (AvgIpc) is 3.26. The van der Waals surface area contributed by atoms with Gasteiger partial charge in [0, 0.05) is 31.5 Å². The number of hydrogen-bond donors (Lipinski definition) is 2. The van der Waals surface area contributed by atoms with Gasteiger partial charge in [-0.3, -0.25) is 0 Å². The quantitative estimate of drug-likeness (QED) is 0.263. The Hall–Kier alpha value is -1.75. The Morgan fingerprint density at radius 2 is 2.25 bits per heavy atom. The molecule has 1 aromatic carbocycles.